The molecule has 1 N–H and O–H groups in total. The van der Waals surface area contributed by atoms with Crippen LogP contribution < -0.4 is 15.0 Å². The van der Waals surface area contributed by atoms with Crippen molar-refractivity contribution >= 4 is 23.2 Å². The van der Waals surface area contributed by atoms with E-state index in [1.165, 1.54) is 23.1 Å². The van der Waals surface area contributed by atoms with Crippen LogP contribution in [0.15, 0.2) is 36.4 Å². The number of anilines is 2. The molecule has 1 heterocycles. The molecule has 0 radical (unpaired) electrons. The Balaban J connectivity index is 1.90. The fourth-order valence-corrected chi connectivity index (χ4v) is 3.33. The Morgan fingerprint density at radius 3 is 2.21 bits per heavy atom. The molecule has 3 rings (SSSR count). The van der Waals surface area contributed by atoms with Crippen molar-refractivity contribution in [1.29, 1.82) is 0 Å². The van der Waals surface area contributed by atoms with E-state index in [1.54, 1.807) is 0 Å². The number of amides is 2. The number of hydrogen-bond acceptors (Lipinski definition) is 3. The van der Waals surface area contributed by atoms with Gasteiger partial charge in [0.05, 0.1) is 16.8 Å². The number of ether oxygens (including phenoxy) is 1. The van der Waals surface area contributed by atoms with E-state index in [9.17, 15) is 35.9 Å². The Hall–Kier alpha value is -3.24. The highest BCUT2D eigenvalue weighted by molar-refractivity contribution is 6.05. The number of benzene rings is 2. The summed E-state index contributed by atoms with van der Waals surface area (Å²) in [5, 5.41) is 2.30. The molecule has 11 heteroatoms. The Morgan fingerprint density at radius 1 is 1.00 bits per heavy atom. The number of unbranched alkanes of at least 4 members (excludes halogenated alkanes) is 2. The number of carbonyl (C=O) groups is 2. The van der Waals surface area contributed by atoms with Crippen LogP contribution in [0.25, 0.3) is 0 Å². The molecule has 0 saturated carbocycles. The van der Waals surface area contributed by atoms with Gasteiger partial charge in [0.1, 0.15) is 5.75 Å². The Labute approximate surface area is 185 Å². The summed E-state index contributed by atoms with van der Waals surface area (Å²) in [7, 11) is 0. The molecule has 1 aliphatic rings. The Kier molecular flexibility index (Phi) is 6.89. The number of carbonyl (C=O) groups excluding carboxylic acids is 2. The Bertz CT molecular complexity index is 1020. The van der Waals surface area contributed by atoms with Crippen molar-refractivity contribution in [3.8, 4) is 5.75 Å². The minimum atomic E-state index is -5.07. The molecule has 0 fully saturated rings. The summed E-state index contributed by atoms with van der Waals surface area (Å²) < 4.78 is 83.8. The molecular weight excluding hydrogens is 454 g/mol. The van der Waals surface area contributed by atoms with Gasteiger partial charge in [0.15, 0.2) is 6.61 Å². The first-order chi connectivity index (χ1) is 15.4. The average Bonchev–Trinajstić information content (AvgIpc) is 2.74. The molecule has 0 aromatic heterocycles. The van der Waals surface area contributed by atoms with Crippen LogP contribution in [0.1, 0.15) is 47.7 Å². The average molecular weight is 474 g/mol. The monoisotopic (exact) mass is 474 g/mol. The van der Waals surface area contributed by atoms with Gasteiger partial charge in [-0.2, -0.15) is 26.3 Å². The van der Waals surface area contributed by atoms with Crippen LogP contribution in [-0.2, 0) is 17.1 Å². The lowest BCUT2D eigenvalue weighted by Gasteiger charge is -2.30. The van der Waals surface area contributed by atoms with Crippen LogP contribution in [0.5, 0.6) is 5.75 Å². The number of rotatable bonds is 6. The summed E-state index contributed by atoms with van der Waals surface area (Å²) in [6, 6.07) is 4.91. The lowest BCUT2D eigenvalue weighted by molar-refractivity contribution is -0.143. The predicted molar refractivity (Wildman–Crippen MR) is 108 cm³/mol. The maximum Gasteiger partial charge on any atom is 0.416 e. The van der Waals surface area contributed by atoms with E-state index >= 15 is 0 Å². The standard InChI is InChI=1S/C22H20F6N2O3/c1-2-3-4-7-30-17-11-16(5-6-18(17)33-12-19(30)31)29-20(32)13-8-14(21(23,24)25)10-15(9-13)22(26,27)28/h5-6,8-11H,2-4,7,12H2,1H3,(H,29,32). The topological polar surface area (TPSA) is 58.6 Å². The number of nitrogens with one attached hydrogen (secondary N) is 1. The largest absolute Gasteiger partial charge is 0.482 e. The third-order valence-electron chi connectivity index (χ3n) is 4.99. The lowest BCUT2D eigenvalue weighted by atomic mass is 10.0. The van der Waals surface area contributed by atoms with E-state index in [0.717, 1.165) is 19.3 Å². The zero-order chi connectivity index (χ0) is 24.4. The highest BCUT2D eigenvalue weighted by Crippen LogP contribution is 2.37. The maximum absolute atomic E-state index is 13.1. The Morgan fingerprint density at radius 2 is 1.64 bits per heavy atom. The van der Waals surface area contributed by atoms with Crippen molar-refractivity contribution in [2.75, 3.05) is 23.4 Å². The molecule has 0 unspecified atom stereocenters. The summed E-state index contributed by atoms with van der Waals surface area (Å²) in [6.45, 7) is 2.25. The molecule has 0 atom stereocenters. The minimum Gasteiger partial charge on any atom is -0.482 e. The van der Waals surface area contributed by atoms with E-state index in [2.05, 4.69) is 5.32 Å². The second kappa shape index (κ2) is 9.32. The molecule has 2 amide bonds. The van der Waals surface area contributed by atoms with Crippen LogP contribution >= 0.6 is 0 Å². The van der Waals surface area contributed by atoms with Gasteiger partial charge in [-0.15, -0.1) is 0 Å². The molecule has 0 spiro atoms. The second-order valence-electron chi connectivity index (χ2n) is 7.47. The van der Waals surface area contributed by atoms with Gasteiger partial charge in [-0.3, -0.25) is 9.59 Å². The number of nitrogens with zero attached hydrogens (tertiary/aromatic N) is 1. The summed E-state index contributed by atoms with van der Waals surface area (Å²) in [4.78, 5) is 26.3. The van der Waals surface area contributed by atoms with Gasteiger partial charge in [-0.05, 0) is 42.8 Å². The number of hydrogen-bond donors (Lipinski definition) is 1. The summed E-state index contributed by atoms with van der Waals surface area (Å²) in [6.07, 6.45) is -7.60. The zero-order valence-corrected chi connectivity index (χ0v) is 17.4. The van der Waals surface area contributed by atoms with Crippen LogP contribution in [0.4, 0.5) is 37.7 Å². The quantitative estimate of drug-likeness (QED) is 0.420. The number of halogens is 6. The van der Waals surface area contributed by atoms with Gasteiger partial charge in [0, 0.05) is 17.8 Å². The van der Waals surface area contributed by atoms with Crippen molar-refractivity contribution in [2.45, 2.75) is 38.5 Å². The molecular formula is C22H20F6N2O3. The van der Waals surface area contributed by atoms with Crippen LogP contribution in [0, 0.1) is 0 Å². The first-order valence-electron chi connectivity index (χ1n) is 10.1. The molecule has 2 aromatic rings. The summed E-state index contributed by atoms with van der Waals surface area (Å²) in [5.41, 5.74) is -3.53. The van der Waals surface area contributed by atoms with Gasteiger partial charge in [-0.25, -0.2) is 0 Å². The van der Waals surface area contributed by atoms with E-state index in [4.69, 9.17) is 4.74 Å². The first kappa shape index (κ1) is 24.4. The summed E-state index contributed by atoms with van der Waals surface area (Å²) in [5.74, 6) is -1.08. The van der Waals surface area contributed by atoms with Crippen molar-refractivity contribution in [2.24, 2.45) is 0 Å². The molecule has 33 heavy (non-hydrogen) atoms. The predicted octanol–water partition coefficient (Wildman–Crippen LogP) is 5.89. The number of fused-ring (bicyclic) bond motifs is 1. The van der Waals surface area contributed by atoms with Gasteiger partial charge >= 0.3 is 12.4 Å². The molecule has 0 saturated heterocycles. The maximum atomic E-state index is 13.1. The van der Waals surface area contributed by atoms with Crippen LogP contribution in [0.3, 0.4) is 0 Å². The van der Waals surface area contributed by atoms with E-state index in [-0.39, 0.29) is 24.3 Å². The minimum absolute atomic E-state index is 0.0488. The second-order valence-corrected chi connectivity index (χ2v) is 7.47. The van der Waals surface area contributed by atoms with Crippen molar-refractivity contribution in [1.82, 2.24) is 0 Å². The molecule has 178 valence electrons. The molecule has 0 aliphatic carbocycles. The molecule has 5 nitrogen and oxygen atoms in total. The zero-order valence-electron chi connectivity index (χ0n) is 17.4. The van der Waals surface area contributed by atoms with Gasteiger partial charge in [0.2, 0.25) is 0 Å². The lowest BCUT2D eigenvalue weighted by Crippen LogP contribution is -2.39. The van der Waals surface area contributed by atoms with Gasteiger partial charge in [-0.1, -0.05) is 19.8 Å². The summed E-state index contributed by atoms with van der Waals surface area (Å²) >= 11 is 0. The normalized spacial score (nSPS) is 14.0. The smallest absolute Gasteiger partial charge is 0.416 e. The fraction of sp³-hybridized carbons (Fsp3) is 0.364. The third kappa shape index (κ3) is 5.77. The third-order valence-corrected chi connectivity index (χ3v) is 4.99. The van der Waals surface area contributed by atoms with E-state index in [1.807, 2.05) is 6.92 Å². The van der Waals surface area contributed by atoms with Crippen molar-refractivity contribution < 1.29 is 40.7 Å². The van der Waals surface area contributed by atoms with Crippen molar-refractivity contribution in [3.05, 3.63) is 53.1 Å². The SMILES string of the molecule is CCCCCN1C(=O)COc2ccc(NC(=O)c3cc(C(F)(F)F)cc(C(F)(F)F)c3)cc21. The molecule has 1 aliphatic heterocycles. The molecule has 0 bridgehead atoms. The number of alkyl halides is 6. The first-order valence-corrected chi connectivity index (χ1v) is 10.1. The van der Waals surface area contributed by atoms with Crippen LogP contribution in [0.2, 0.25) is 0 Å². The fourth-order valence-electron chi connectivity index (χ4n) is 3.33. The highest BCUT2D eigenvalue weighted by atomic mass is 19.4. The highest BCUT2D eigenvalue weighted by Gasteiger charge is 2.37. The molecule has 2 aromatic carbocycles. The van der Waals surface area contributed by atoms with E-state index in [0.29, 0.717) is 30.1 Å². The van der Waals surface area contributed by atoms with Gasteiger partial charge in [0.25, 0.3) is 11.8 Å². The van der Waals surface area contributed by atoms with Crippen LogP contribution in [-0.4, -0.2) is 25.0 Å². The van der Waals surface area contributed by atoms with Gasteiger partial charge < -0.3 is 15.0 Å². The van der Waals surface area contributed by atoms with Crippen molar-refractivity contribution in [3.63, 3.8) is 0 Å². The van der Waals surface area contributed by atoms with E-state index < -0.39 is 35.0 Å².